The largest absolute Gasteiger partial charge is 0.455 e. The number of carbonyl (C=O) groups excluding carboxylic acids is 1. The Morgan fingerprint density at radius 1 is 1.08 bits per heavy atom. The molecule has 0 saturated heterocycles. The first-order valence-electron chi connectivity index (χ1n) is 8.85. The average molecular weight is 348 g/mol. The summed E-state index contributed by atoms with van der Waals surface area (Å²) in [5.41, 5.74) is 5.31. The molecule has 0 aliphatic carbocycles. The maximum Gasteiger partial charge on any atom is 0.356 e. The molecular weight excluding hydrogens is 314 g/mol. The summed E-state index contributed by atoms with van der Waals surface area (Å²) in [6, 6.07) is 6.89. The molecule has 134 valence electrons. The summed E-state index contributed by atoms with van der Waals surface area (Å²) in [7, 11) is -1.82. The summed E-state index contributed by atoms with van der Waals surface area (Å²) in [4.78, 5) is 12.4. The van der Waals surface area contributed by atoms with Crippen LogP contribution in [0.1, 0.15) is 72.8 Å². The lowest BCUT2D eigenvalue weighted by Gasteiger charge is -2.37. The molecule has 0 spiro atoms. The summed E-state index contributed by atoms with van der Waals surface area (Å²) >= 11 is 0. The molecular formula is C20H33NO2Si. The standard InChI is InChI=1S/C20H33NO2Si/c1-15(2)24(16(3)4,17(5)6)14-13-21-12-10-11-18(21)19(22)23-20(7,8)9/h10-12,15-17H,1-9H3. The molecule has 1 heterocycles. The molecule has 0 aliphatic rings. The number of esters is 1. The second-order valence-corrected chi connectivity index (χ2v) is 14.0. The minimum absolute atomic E-state index is 0.326. The Morgan fingerprint density at radius 2 is 1.58 bits per heavy atom. The van der Waals surface area contributed by atoms with E-state index in [2.05, 4.69) is 53.1 Å². The van der Waals surface area contributed by atoms with Crippen LogP contribution in [-0.2, 0) is 4.74 Å². The lowest BCUT2D eigenvalue weighted by Crippen LogP contribution is -2.43. The number of nitrogens with zero attached hydrogens (tertiary/aromatic N) is 1. The summed E-state index contributed by atoms with van der Waals surface area (Å²) in [6.07, 6.45) is 1.84. The molecule has 0 atom stereocenters. The Labute approximate surface area is 148 Å². The van der Waals surface area contributed by atoms with Gasteiger partial charge in [0.15, 0.2) is 0 Å². The molecule has 0 amide bonds. The fourth-order valence-electron chi connectivity index (χ4n) is 3.57. The van der Waals surface area contributed by atoms with Crippen molar-refractivity contribution in [1.82, 2.24) is 4.57 Å². The first-order chi connectivity index (χ1) is 10.9. The van der Waals surface area contributed by atoms with E-state index in [0.29, 0.717) is 22.3 Å². The Balaban J connectivity index is 3.26. The molecule has 0 fully saturated rings. The van der Waals surface area contributed by atoms with Gasteiger partial charge in [0.05, 0.1) is 0 Å². The van der Waals surface area contributed by atoms with Crippen molar-refractivity contribution in [2.45, 2.75) is 84.5 Å². The molecule has 0 radical (unpaired) electrons. The van der Waals surface area contributed by atoms with E-state index in [1.54, 1.807) is 10.6 Å². The summed E-state index contributed by atoms with van der Waals surface area (Å²) < 4.78 is 7.21. The Kier molecular flexibility index (Phi) is 6.52. The highest BCUT2D eigenvalue weighted by atomic mass is 28.3. The van der Waals surface area contributed by atoms with Crippen LogP contribution in [0.25, 0.3) is 0 Å². The zero-order valence-electron chi connectivity index (χ0n) is 16.7. The zero-order chi connectivity index (χ0) is 18.7. The van der Waals surface area contributed by atoms with Crippen molar-refractivity contribution in [3.63, 3.8) is 0 Å². The maximum absolute atomic E-state index is 12.4. The smallest absolute Gasteiger partial charge is 0.356 e. The summed E-state index contributed by atoms with van der Waals surface area (Å²) in [5, 5.41) is 0. The van der Waals surface area contributed by atoms with Gasteiger partial charge in [0.2, 0.25) is 0 Å². The van der Waals surface area contributed by atoms with Crippen LogP contribution < -0.4 is 0 Å². The van der Waals surface area contributed by atoms with Gasteiger partial charge in [-0.3, -0.25) is 4.57 Å². The maximum atomic E-state index is 12.4. The van der Waals surface area contributed by atoms with Crippen molar-refractivity contribution in [3.05, 3.63) is 24.0 Å². The number of ether oxygens (including phenoxy) is 1. The van der Waals surface area contributed by atoms with E-state index in [0.717, 1.165) is 0 Å². The van der Waals surface area contributed by atoms with Crippen LogP contribution in [0, 0.1) is 11.6 Å². The molecule has 0 N–H and O–H groups in total. The van der Waals surface area contributed by atoms with Crippen LogP contribution in [0.4, 0.5) is 0 Å². The van der Waals surface area contributed by atoms with Crippen molar-refractivity contribution in [3.8, 4) is 11.6 Å². The van der Waals surface area contributed by atoms with Crippen molar-refractivity contribution in [2.75, 3.05) is 0 Å². The molecule has 4 heteroatoms. The molecule has 0 unspecified atom stereocenters. The third kappa shape index (κ3) is 4.54. The van der Waals surface area contributed by atoms with E-state index in [1.807, 2.05) is 33.0 Å². The highest BCUT2D eigenvalue weighted by Gasteiger charge is 2.41. The highest BCUT2D eigenvalue weighted by Crippen LogP contribution is 2.40. The minimum atomic E-state index is -1.82. The van der Waals surface area contributed by atoms with Crippen LogP contribution in [0.3, 0.4) is 0 Å². The van der Waals surface area contributed by atoms with Crippen LogP contribution >= 0.6 is 0 Å². The SMILES string of the molecule is CC(C)[Si](C#Cn1cccc1C(=O)OC(C)(C)C)(C(C)C)C(C)C. The highest BCUT2D eigenvalue weighted by molar-refractivity contribution is 6.90. The number of hydrogen-bond donors (Lipinski definition) is 0. The monoisotopic (exact) mass is 347 g/mol. The van der Waals surface area contributed by atoms with Crippen LogP contribution in [0.2, 0.25) is 16.6 Å². The Bertz CT molecular complexity index is 602. The quantitative estimate of drug-likeness (QED) is 0.411. The molecule has 1 rings (SSSR count). The fourth-order valence-corrected chi connectivity index (χ4v) is 8.75. The first kappa shape index (κ1) is 20.6. The average Bonchev–Trinajstić information content (AvgIpc) is 2.84. The third-order valence-corrected chi connectivity index (χ3v) is 10.9. The predicted molar refractivity (Wildman–Crippen MR) is 104 cm³/mol. The second-order valence-electron chi connectivity index (χ2n) is 8.40. The topological polar surface area (TPSA) is 31.2 Å². The van der Waals surface area contributed by atoms with Gasteiger partial charge in [0, 0.05) is 12.2 Å². The molecule has 3 nitrogen and oxygen atoms in total. The number of rotatable bonds is 4. The van der Waals surface area contributed by atoms with E-state index in [-0.39, 0.29) is 5.97 Å². The number of carbonyl (C=O) groups is 1. The Hall–Kier alpha value is -1.47. The van der Waals surface area contributed by atoms with Crippen molar-refractivity contribution < 1.29 is 9.53 Å². The van der Waals surface area contributed by atoms with Gasteiger partial charge in [0.25, 0.3) is 0 Å². The molecule has 0 aromatic carbocycles. The van der Waals surface area contributed by atoms with Gasteiger partial charge in [-0.05, 0) is 49.5 Å². The van der Waals surface area contributed by atoms with Gasteiger partial charge in [-0.1, -0.05) is 41.5 Å². The van der Waals surface area contributed by atoms with Crippen LogP contribution in [0.5, 0.6) is 0 Å². The minimum Gasteiger partial charge on any atom is -0.455 e. The normalized spacial score (nSPS) is 12.5. The van der Waals surface area contributed by atoms with Crippen molar-refractivity contribution in [2.24, 2.45) is 0 Å². The molecule has 0 bridgehead atoms. The van der Waals surface area contributed by atoms with Gasteiger partial charge < -0.3 is 4.74 Å². The van der Waals surface area contributed by atoms with E-state index >= 15 is 0 Å². The summed E-state index contributed by atoms with van der Waals surface area (Å²) in [5.74, 6) is -0.326. The van der Waals surface area contributed by atoms with Gasteiger partial charge >= 0.3 is 5.97 Å². The van der Waals surface area contributed by atoms with Gasteiger partial charge in [-0.2, -0.15) is 0 Å². The third-order valence-electron chi connectivity index (χ3n) is 4.62. The fraction of sp³-hybridized carbons (Fsp3) is 0.650. The zero-order valence-corrected chi connectivity index (χ0v) is 17.7. The number of aromatic nitrogens is 1. The molecule has 1 aromatic heterocycles. The molecule has 24 heavy (non-hydrogen) atoms. The number of hydrogen-bond acceptors (Lipinski definition) is 2. The molecule has 0 aliphatic heterocycles. The van der Waals surface area contributed by atoms with E-state index < -0.39 is 13.7 Å². The predicted octanol–water partition coefficient (Wildman–Crippen LogP) is 5.47. The first-order valence-corrected chi connectivity index (χ1v) is 11.1. The summed E-state index contributed by atoms with van der Waals surface area (Å²) in [6.45, 7) is 19.3. The molecule has 1 aromatic rings. The van der Waals surface area contributed by atoms with Crippen LogP contribution in [-0.4, -0.2) is 24.2 Å². The van der Waals surface area contributed by atoms with Crippen molar-refractivity contribution >= 4 is 14.0 Å². The van der Waals surface area contributed by atoms with Crippen LogP contribution in [0.15, 0.2) is 18.3 Å². The van der Waals surface area contributed by atoms with Crippen molar-refractivity contribution in [1.29, 1.82) is 0 Å². The second kappa shape index (κ2) is 7.61. The molecule has 0 saturated carbocycles. The van der Waals surface area contributed by atoms with Gasteiger partial charge in [-0.15, -0.1) is 5.54 Å². The van der Waals surface area contributed by atoms with Gasteiger partial charge in [0.1, 0.15) is 19.4 Å². The van der Waals surface area contributed by atoms with E-state index in [1.165, 1.54) is 0 Å². The Morgan fingerprint density at radius 3 is 2.00 bits per heavy atom. The lowest BCUT2D eigenvalue weighted by molar-refractivity contribution is 0.00610. The van der Waals surface area contributed by atoms with E-state index in [4.69, 9.17) is 4.74 Å². The lowest BCUT2D eigenvalue weighted by atomic mass is 10.2. The van der Waals surface area contributed by atoms with Gasteiger partial charge in [-0.25, -0.2) is 4.79 Å². The van der Waals surface area contributed by atoms with E-state index in [9.17, 15) is 4.79 Å².